The van der Waals surface area contributed by atoms with E-state index in [0.717, 1.165) is 16.3 Å². The van der Waals surface area contributed by atoms with E-state index in [-0.39, 0.29) is 17.9 Å². The molecule has 0 bridgehead atoms. The molecular weight excluding hydrogens is 436 g/mol. The van der Waals surface area contributed by atoms with Crippen molar-refractivity contribution >= 4 is 26.9 Å². The number of rotatable bonds is 9. The number of carbonyl (C=O) groups is 1. The molecule has 1 atom stereocenters. The predicted molar refractivity (Wildman–Crippen MR) is 127 cm³/mol. The standard InChI is InChI=1S/C27H24O5S/c28-27(23-10-3-1-4-11-23)32-25(17-18-31-33(29,30)26-13-5-2-6-14-26)20-21-15-16-22-9-7-8-12-24(22)19-21/h1-16,19,25H,17-18,20H2. The van der Waals surface area contributed by atoms with Crippen LogP contribution in [0.4, 0.5) is 0 Å². The Balaban J connectivity index is 1.48. The van der Waals surface area contributed by atoms with Crippen LogP contribution in [-0.4, -0.2) is 27.1 Å². The minimum Gasteiger partial charge on any atom is -0.458 e. The lowest BCUT2D eigenvalue weighted by Gasteiger charge is -2.18. The molecule has 5 nitrogen and oxygen atoms in total. The van der Waals surface area contributed by atoms with Gasteiger partial charge >= 0.3 is 5.97 Å². The third-order valence-electron chi connectivity index (χ3n) is 5.27. The molecule has 0 radical (unpaired) electrons. The normalized spacial score (nSPS) is 12.4. The van der Waals surface area contributed by atoms with Gasteiger partial charge in [0.25, 0.3) is 10.1 Å². The summed E-state index contributed by atoms with van der Waals surface area (Å²) in [6.07, 6.45) is 0.125. The number of carbonyl (C=O) groups excluding carboxylic acids is 1. The van der Waals surface area contributed by atoms with E-state index >= 15 is 0 Å². The van der Waals surface area contributed by atoms with Crippen molar-refractivity contribution in [2.45, 2.75) is 23.8 Å². The molecule has 0 aliphatic carbocycles. The lowest BCUT2D eigenvalue weighted by molar-refractivity contribution is 0.0255. The van der Waals surface area contributed by atoms with Crippen LogP contribution in [0.25, 0.3) is 10.8 Å². The summed E-state index contributed by atoms with van der Waals surface area (Å²) in [6.45, 7) is -0.0997. The van der Waals surface area contributed by atoms with Gasteiger partial charge in [-0.1, -0.05) is 78.9 Å². The van der Waals surface area contributed by atoms with Crippen molar-refractivity contribution in [1.29, 1.82) is 0 Å². The highest BCUT2D eigenvalue weighted by molar-refractivity contribution is 7.86. The molecule has 0 aliphatic rings. The molecule has 1 unspecified atom stereocenters. The van der Waals surface area contributed by atoms with Crippen LogP contribution in [0, 0.1) is 0 Å². The Labute approximate surface area is 193 Å². The first-order valence-corrected chi connectivity index (χ1v) is 12.1. The van der Waals surface area contributed by atoms with Crippen LogP contribution in [0.5, 0.6) is 0 Å². The van der Waals surface area contributed by atoms with Gasteiger partial charge in [-0.05, 0) is 40.6 Å². The Kier molecular flexibility index (Phi) is 7.17. The fourth-order valence-corrected chi connectivity index (χ4v) is 4.51. The van der Waals surface area contributed by atoms with Gasteiger partial charge in [-0.25, -0.2) is 4.79 Å². The third-order valence-corrected chi connectivity index (χ3v) is 6.60. The first-order valence-electron chi connectivity index (χ1n) is 10.7. The molecule has 0 saturated carbocycles. The molecule has 0 fully saturated rings. The summed E-state index contributed by atoms with van der Waals surface area (Å²) in [6, 6.07) is 30.8. The summed E-state index contributed by atoms with van der Waals surface area (Å²) in [4.78, 5) is 12.8. The van der Waals surface area contributed by atoms with E-state index in [0.29, 0.717) is 12.0 Å². The van der Waals surface area contributed by atoms with Crippen LogP contribution in [0.1, 0.15) is 22.3 Å². The SMILES string of the molecule is O=C(OC(CCOS(=O)(=O)c1ccccc1)Cc1ccc2ccccc2c1)c1ccccc1. The van der Waals surface area contributed by atoms with Gasteiger partial charge in [0.15, 0.2) is 0 Å². The summed E-state index contributed by atoms with van der Waals surface area (Å²) in [7, 11) is -3.88. The molecule has 4 aromatic rings. The highest BCUT2D eigenvalue weighted by Crippen LogP contribution is 2.20. The number of hydrogen-bond acceptors (Lipinski definition) is 5. The largest absolute Gasteiger partial charge is 0.458 e. The molecule has 4 aromatic carbocycles. The average Bonchev–Trinajstić information content (AvgIpc) is 2.85. The molecule has 6 heteroatoms. The summed E-state index contributed by atoms with van der Waals surface area (Å²) < 4.78 is 35.8. The molecule has 0 aliphatic heterocycles. The Morgan fingerprint density at radius 1 is 0.758 bits per heavy atom. The van der Waals surface area contributed by atoms with Crippen molar-refractivity contribution in [2.75, 3.05) is 6.61 Å². The van der Waals surface area contributed by atoms with Crippen LogP contribution >= 0.6 is 0 Å². The zero-order valence-corrected chi connectivity index (χ0v) is 18.8. The van der Waals surface area contributed by atoms with E-state index in [1.807, 2.05) is 42.5 Å². The molecule has 0 N–H and O–H groups in total. The summed E-state index contributed by atoms with van der Waals surface area (Å²) >= 11 is 0. The Bertz CT molecular complexity index is 1320. The maximum atomic E-state index is 12.7. The Hall–Kier alpha value is -3.48. The molecule has 168 valence electrons. The first-order chi connectivity index (χ1) is 16.0. The summed E-state index contributed by atoms with van der Waals surface area (Å²) in [5.41, 5.74) is 1.43. The second-order valence-electron chi connectivity index (χ2n) is 7.66. The molecule has 0 heterocycles. The molecule has 0 spiro atoms. The fraction of sp³-hybridized carbons (Fsp3) is 0.148. The van der Waals surface area contributed by atoms with Crippen LogP contribution in [0.15, 0.2) is 108 Å². The third kappa shape index (κ3) is 6.06. The molecular formula is C27H24O5S. The second kappa shape index (κ2) is 10.4. The van der Waals surface area contributed by atoms with Gasteiger partial charge in [-0.2, -0.15) is 8.42 Å². The lowest BCUT2D eigenvalue weighted by Crippen LogP contribution is -2.23. The summed E-state index contributed by atoms with van der Waals surface area (Å²) in [5.74, 6) is -0.452. The monoisotopic (exact) mass is 460 g/mol. The van der Waals surface area contributed by atoms with Crippen LogP contribution in [0.2, 0.25) is 0 Å². The lowest BCUT2D eigenvalue weighted by atomic mass is 10.0. The highest BCUT2D eigenvalue weighted by Gasteiger charge is 2.20. The zero-order chi connectivity index (χ0) is 23.1. The van der Waals surface area contributed by atoms with E-state index in [9.17, 15) is 13.2 Å². The second-order valence-corrected chi connectivity index (χ2v) is 9.27. The van der Waals surface area contributed by atoms with Gasteiger partial charge in [0.05, 0.1) is 17.1 Å². The number of esters is 1. The van der Waals surface area contributed by atoms with Crippen molar-refractivity contribution < 1.29 is 22.1 Å². The minimum atomic E-state index is -3.88. The number of fused-ring (bicyclic) bond motifs is 1. The molecule has 0 aromatic heterocycles. The molecule has 4 rings (SSSR count). The zero-order valence-electron chi connectivity index (χ0n) is 18.0. The maximum absolute atomic E-state index is 12.7. The first kappa shape index (κ1) is 22.7. The fourth-order valence-electron chi connectivity index (χ4n) is 3.57. The van der Waals surface area contributed by atoms with Crippen molar-refractivity contribution in [3.63, 3.8) is 0 Å². The van der Waals surface area contributed by atoms with Crippen molar-refractivity contribution in [3.05, 3.63) is 114 Å². The Morgan fingerprint density at radius 2 is 1.39 bits per heavy atom. The highest BCUT2D eigenvalue weighted by atomic mass is 32.2. The van der Waals surface area contributed by atoms with Gasteiger partial charge in [0, 0.05) is 12.8 Å². The predicted octanol–water partition coefficient (Wildman–Crippen LogP) is 5.40. The van der Waals surface area contributed by atoms with Gasteiger partial charge in [-0.3, -0.25) is 4.18 Å². The average molecular weight is 461 g/mol. The van der Waals surface area contributed by atoms with Crippen molar-refractivity contribution in [3.8, 4) is 0 Å². The van der Waals surface area contributed by atoms with Gasteiger partial charge < -0.3 is 4.74 Å². The quantitative estimate of drug-likeness (QED) is 0.247. The molecule has 0 saturated heterocycles. The van der Waals surface area contributed by atoms with E-state index in [1.165, 1.54) is 12.1 Å². The van der Waals surface area contributed by atoms with E-state index in [4.69, 9.17) is 8.92 Å². The Morgan fingerprint density at radius 3 is 2.12 bits per heavy atom. The van der Waals surface area contributed by atoms with Crippen LogP contribution in [0.3, 0.4) is 0 Å². The van der Waals surface area contributed by atoms with Gasteiger partial charge in [0.1, 0.15) is 6.10 Å². The maximum Gasteiger partial charge on any atom is 0.338 e. The molecule has 33 heavy (non-hydrogen) atoms. The van der Waals surface area contributed by atoms with Crippen molar-refractivity contribution in [1.82, 2.24) is 0 Å². The number of benzene rings is 4. The number of ether oxygens (including phenoxy) is 1. The van der Waals surface area contributed by atoms with Crippen molar-refractivity contribution in [2.24, 2.45) is 0 Å². The smallest absolute Gasteiger partial charge is 0.338 e. The minimum absolute atomic E-state index is 0.0948. The summed E-state index contributed by atoms with van der Waals surface area (Å²) in [5, 5.41) is 2.21. The van der Waals surface area contributed by atoms with E-state index < -0.39 is 22.2 Å². The van der Waals surface area contributed by atoms with Gasteiger partial charge in [-0.15, -0.1) is 0 Å². The van der Waals surface area contributed by atoms with E-state index in [1.54, 1.807) is 42.5 Å². The van der Waals surface area contributed by atoms with Crippen LogP contribution in [-0.2, 0) is 25.5 Å². The van der Waals surface area contributed by atoms with Crippen LogP contribution < -0.4 is 0 Å². The number of hydrogen-bond donors (Lipinski definition) is 0. The van der Waals surface area contributed by atoms with Gasteiger partial charge in [0.2, 0.25) is 0 Å². The molecule has 0 amide bonds. The topological polar surface area (TPSA) is 69.7 Å². The van der Waals surface area contributed by atoms with E-state index in [2.05, 4.69) is 6.07 Å².